The van der Waals surface area contributed by atoms with E-state index in [-0.39, 0.29) is 0 Å². The van der Waals surface area contributed by atoms with Crippen LogP contribution in [0.2, 0.25) is 0 Å². The van der Waals surface area contributed by atoms with Crippen molar-refractivity contribution in [3.05, 3.63) is 0 Å². The maximum Gasteiger partial charge on any atom is 0.0565 e. The molecular weight excluding hydrogens is 154 g/mol. The van der Waals surface area contributed by atoms with Gasteiger partial charge in [-0.1, -0.05) is 19.0 Å². The van der Waals surface area contributed by atoms with Crippen molar-refractivity contribution in [2.45, 2.75) is 27.2 Å². The van der Waals surface area contributed by atoms with Crippen molar-refractivity contribution in [1.82, 2.24) is 0 Å². The van der Waals surface area contributed by atoms with E-state index in [9.17, 15) is 0 Å². The van der Waals surface area contributed by atoms with Crippen LogP contribution in [-0.4, -0.2) is 24.0 Å². The van der Waals surface area contributed by atoms with Crippen LogP contribution in [0.25, 0.3) is 0 Å². The molecule has 0 spiro atoms. The Kier molecular flexibility index (Phi) is 12.1. The second-order valence-electron chi connectivity index (χ2n) is 2.83. The Morgan fingerprint density at radius 1 is 1.33 bits per heavy atom. The third-order valence-corrected chi connectivity index (χ3v) is 1.40. The third-order valence-electron chi connectivity index (χ3n) is 1.40. The van der Waals surface area contributed by atoms with Gasteiger partial charge in [-0.3, -0.25) is 0 Å². The first-order valence-electron chi connectivity index (χ1n) is 4.18. The quantitative estimate of drug-likeness (QED) is 0.337. The predicted octanol–water partition coefficient (Wildman–Crippen LogP) is 0.786. The van der Waals surface area contributed by atoms with E-state index in [1.165, 1.54) is 0 Å². The molecule has 0 bridgehead atoms. The Balaban J connectivity index is 0. The van der Waals surface area contributed by atoms with Crippen LogP contribution in [0.4, 0.5) is 0 Å². The number of oxime groups is 1. The van der Waals surface area contributed by atoms with Crippen LogP contribution in [0, 0.1) is 5.92 Å². The normalized spacial score (nSPS) is 11.0. The molecule has 0 aromatic rings. The first kappa shape index (κ1) is 13.9. The average molecular weight is 175 g/mol. The summed E-state index contributed by atoms with van der Waals surface area (Å²) in [7, 11) is 0. The number of hydrogen-bond donors (Lipinski definition) is 3. The molecule has 74 valence electrons. The van der Waals surface area contributed by atoms with E-state index in [2.05, 4.69) is 5.16 Å². The number of nitrogens with two attached hydrogens (primary N) is 2. The lowest BCUT2D eigenvalue weighted by Crippen LogP contribution is -2.06. The van der Waals surface area contributed by atoms with Gasteiger partial charge in [0.05, 0.1) is 5.71 Å². The molecule has 0 aromatic carbocycles. The lowest BCUT2D eigenvalue weighted by molar-refractivity contribution is 0.315. The number of hydrogen-bond acceptors (Lipinski definition) is 4. The van der Waals surface area contributed by atoms with Gasteiger partial charge in [-0.05, 0) is 32.4 Å². The molecule has 5 N–H and O–H groups in total. The van der Waals surface area contributed by atoms with E-state index in [4.69, 9.17) is 16.7 Å². The maximum absolute atomic E-state index is 8.09. The fourth-order valence-electron chi connectivity index (χ4n) is 0.233. The molecule has 0 aliphatic rings. The van der Waals surface area contributed by atoms with E-state index in [1.807, 2.05) is 13.8 Å². The molecule has 0 aliphatic carbocycles. The van der Waals surface area contributed by atoms with Crippen molar-refractivity contribution in [3.8, 4) is 0 Å². The van der Waals surface area contributed by atoms with E-state index in [1.54, 1.807) is 6.92 Å². The van der Waals surface area contributed by atoms with E-state index in [0.717, 1.165) is 25.2 Å². The van der Waals surface area contributed by atoms with Crippen LogP contribution in [0.1, 0.15) is 27.2 Å². The molecule has 0 amide bonds. The largest absolute Gasteiger partial charge is 0.411 e. The van der Waals surface area contributed by atoms with Gasteiger partial charge in [-0.25, -0.2) is 0 Å². The van der Waals surface area contributed by atoms with E-state index < -0.39 is 0 Å². The van der Waals surface area contributed by atoms with Crippen LogP contribution in [0.5, 0.6) is 0 Å². The molecule has 0 saturated heterocycles. The molecule has 4 nitrogen and oxygen atoms in total. The van der Waals surface area contributed by atoms with Crippen LogP contribution in [0.3, 0.4) is 0 Å². The van der Waals surface area contributed by atoms with Gasteiger partial charge in [-0.15, -0.1) is 0 Å². The highest BCUT2D eigenvalue weighted by Crippen LogP contribution is 1.93. The zero-order valence-electron chi connectivity index (χ0n) is 8.25. The second kappa shape index (κ2) is 10.4. The summed E-state index contributed by atoms with van der Waals surface area (Å²) in [5.41, 5.74) is 10.9. The van der Waals surface area contributed by atoms with Crippen molar-refractivity contribution >= 4 is 5.71 Å². The Labute approximate surface area is 74.6 Å². The van der Waals surface area contributed by atoms with Gasteiger partial charge < -0.3 is 16.7 Å². The summed E-state index contributed by atoms with van der Waals surface area (Å²) < 4.78 is 0. The Hall–Kier alpha value is -0.610. The van der Waals surface area contributed by atoms with Gasteiger partial charge in [0.25, 0.3) is 0 Å². The zero-order valence-corrected chi connectivity index (χ0v) is 8.25. The molecule has 0 radical (unpaired) electrons. The Morgan fingerprint density at radius 2 is 1.75 bits per heavy atom. The molecule has 0 aliphatic heterocycles. The third kappa shape index (κ3) is 12.1. The monoisotopic (exact) mass is 175 g/mol. The summed E-state index contributed by atoms with van der Waals surface area (Å²) >= 11 is 0. The minimum atomic E-state index is 0.366. The van der Waals surface area contributed by atoms with Crippen molar-refractivity contribution in [2.24, 2.45) is 22.5 Å². The highest BCUT2D eigenvalue weighted by molar-refractivity contribution is 5.82. The molecule has 0 fully saturated rings. The molecule has 0 unspecified atom stereocenters. The summed E-state index contributed by atoms with van der Waals surface area (Å²) in [6, 6.07) is 0. The molecule has 0 heterocycles. The highest BCUT2D eigenvalue weighted by Gasteiger charge is 1.94. The smallest absolute Gasteiger partial charge is 0.0565 e. The first-order chi connectivity index (χ1) is 5.59. The number of nitrogens with zero attached hydrogens (tertiary/aromatic N) is 1. The summed E-state index contributed by atoms with van der Waals surface area (Å²) in [6.45, 7) is 7.20. The van der Waals surface area contributed by atoms with Gasteiger partial charge in [0.1, 0.15) is 0 Å². The van der Waals surface area contributed by atoms with Crippen LogP contribution in [0.15, 0.2) is 5.16 Å². The molecular formula is C8H21N3O. The topological polar surface area (TPSA) is 84.6 Å². The highest BCUT2D eigenvalue weighted by atomic mass is 16.4. The standard InChI is InChI=1S/C5H11NO.C3H10N2/c1-4(2)5(3)6-7;4-2-1-3-5/h4,7H,1-3H3;1-5H2. The lowest BCUT2D eigenvalue weighted by Gasteiger charge is -1.96. The van der Waals surface area contributed by atoms with E-state index >= 15 is 0 Å². The summed E-state index contributed by atoms with van der Waals surface area (Å²) in [5, 5.41) is 11.1. The molecule has 0 aromatic heterocycles. The summed E-state index contributed by atoms with van der Waals surface area (Å²) in [5.74, 6) is 0.366. The molecule has 0 atom stereocenters. The Morgan fingerprint density at radius 3 is 1.75 bits per heavy atom. The first-order valence-corrected chi connectivity index (χ1v) is 4.18. The fraction of sp³-hybridized carbons (Fsp3) is 0.875. The van der Waals surface area contributed by atoms with Crippen LogP contribution >= 0.6 is 0 Å². The van der Waals surface area contributed by atoms with Crippen molar-refractivity contribution in [3.63, 3.8) is 0 Å². The van der Waals surface area contributed by atoms with E-state index in [0.29, 0.717) is 5.92 Å². The van der Waals surface area contributed by atoms with Crippen LogP contribution in [-0.2, 0) is 0 Å². The summed E-state index contributed by atoms with van der Waals surface area (Å²) in [6.07, 6.45) is 0.944. The molecule has 12 heavy (non-hydrogen) atoms. The SMILES string of the molecule is CC(=NO)C(C)C.NCCCN. The fourth-order valence-corrected chi connectivity index (χ4v) is 0.233. The minimum Gasteiger partial charge on any atom is -0.411 e. The van der Waals surface area contributed by atoms with Gasteiger partial charge in [0.2, 0.25) is 0 Å². The van der Waals surface area contributed by atoms with Crippen molar-refractivity contribution in [1.29, 1.82) is 0 Å². The molecule has 4 heteroatoms. The van der Waals surface area contributed by atoms with Crippen molar-refractivity contribution < 1.29 is 5.21 Å². The Bertz CT molecular complexity index is 111. The maximum atomic E-state index is 8.09. The zero-order chi connectivity index (χ0) is 9.98. The van der Waals surface area contributed by atoms with Crippen LogP contribution < -0.4 is 11.5 Å². The van der Waals surface area contributed by atoms with Crippen molar-refractivity contribution in [2.75, 3.05) is 13.1 Å². The van der Waals surface area contributed by atoms with Gasteiger partial charge in [0.15, 0.2) is 0 Å². The summed E-state index contributed by atoms with van der Waals surface area (Å²) in [4.78, 5) is 0. The predicted molar refractivity (Wildman–Crippen MR) is 52.5 cm³/mol. The second-order valence-corrected chi connectivity index (χ2v) is 2.83. The molecule has 0 rings (SSSR count). The van der Waals surface area contributed by atoms with Gasteiger partial charge in [0, 0.05) is 0 Å². The van der Waals surface area contributed by atoms with Gasteiger partial charge >= 0.3 is 0 Å². The lowest BCUT2D eigenvalue weighted by atomic mass is 10.1. The minimum absolute atomic E-state index is 0.366. The molecule has 0 saturated carbocycles. The van der Waals surface area contributed by atoms with Gasteiger partial charge in [-0.2, -0.15) is 0 Å². The number of rotatable bonds is 3. The average Bonchev–Trinajstić information content (AvgIpc) is 2.05.